The number of hydrogen-bond acceptors (Lipinski definition) is 1. The number of rotatable bonds is 2. The molecule has 10 heteroatoms. The van der Waals surface area contributed by atoms with Gasteiger partial charge in [-0.25, -0.2) is 0 Å². The van der Waals surface area contributed by atoms with Crippen LogP contribution in [0.2, 0.25) is 0 Å². The van der Waals surface area contributed by atoms with Gasteiger partial charge in [-0.1, -0.05) is 30.2 Å². The van der Waals surface area contributed by atoms with Crippen LogP contribution in [0.25, 0.3) is 22.4 Å². The van der Waals surface area contributed by atoms with Crippen molar-refractivity contribution in [3.63, 3.8) is 0 Å². The molecule has 31 heavy (non-hydrogen) atoms. The summed E-state index contributed by atoms with van der Waals surface area (Å²) in [4.78, 5) is 3.97. The zero-order valence-electron chi connectivity index (χ0n) is 15.8. The van der Waals surface area contributed by atoms with Gasteiger partial charge in [0.2, 0.25) is 0 Å². The first-order chi connectivity index (χ1) is 13.8. The maximum atomic E-state index is 15.2. The molecule has 0 unspecified atom stereocenters. The molecule has 0 amide bonds. The van der Waals surface area contributed by atoms with Gasteiger partial charge in [0, 0.05) is 32.1 Å². The number of nitrogens with zero attached hydrogens (tertiary/aromatic N) is 1. The van der Waals surface area contributed by atoms with Crippen LogP contribution in [-0.2, 0) is 32.5 Å². The van der Waals surface area contributed by atoms with Gasteiger partial charge in [0.25, 0.3) is 0 Å². The molecule has 1 nitrogen and oxygen atoms in total. The normalized spacial score (nSPS) is 11.9. The number of benzene rings is 2. The molecule has 0 aliphatic carbocycles. The third-order valence-corrected chi connectivity index (χ3v) is 4.34. The molecule has 1 aromatic heterocycles. The Hall–Kier alpha value is -2.32. The molecule has 0 saturated heterocycles. The van der Waals surface area contributed by atoms with Crippen LogP contribution >= 0.6 is 0 Å². The van der Waals surface area contributed by atoms with E-state index in [2.05, 4.69) is 11.1 Å². The van der Waals surface area contributed by atoms with E-state index in [-0.39, 0.29) is 55.1 Å². The second-order valence-corrected chi connectivity index (χ2v) is 6.64. The predicted molar refractivity (Wildman–Crippen MR) is 93.3 cm³/mol. The van der Waals surface area contributed by atoms with Crippen LogP contribution in [0.15, 0.2) is 36.5 Å². The average molecular weight is 623 g/mol. The second kappa shape index (κ2) is 8.67. The summed E-state index contributed by atoms with van der Waals surface area (Å²) in [7, 11) is 0. The van der Waals surface area contributed by atoms with Crippen molar-refractivity contribution in [2.24, 2.45) is 0 Å². The zero-order chi connectivity index (χ0) is 22.4. The van der Waals surface area contributed by atoms with Gasteiger partial charge in [-0.2, -0.15) is 26.3 Å². The molecule has 2 aromatic carbocycles. The summed E-state index contributed by atoms with van der Waals surface area (Å²) in [6.07, 6.45) is -8.92. The van der Waals surface area contributed by atoms with E-state index in [4.69, 9.17) is 0 Å². The first-order valence-corrected chi connectivity index (χ1v) is 8.43. The maximum Gasteiger partial charge on any atom is 0.416 e. The van der Waals surface area contributed by atoms with Crippen molar-refractivity contribution >= 4 is 0 Å². The molecule has 0 spiro atoms. The first-order valence-electron chi connectivity index (χ1n) is 8.43. The first kappa shape index (κ1) is 24.9. The maximum absolute atomic E-state index is 15.2. The summed E-state index contributed by atoms with van der Waals surface area (Å²) < 4.78 is 109. The molecule has 3 aromatic rings. The minimum Gasteiger partial charge on any atom is -0.304 e. The minimum absolute atomic E-state index is 0. The minimum atomic E-state index is -5.15. The molecular weight excluding hydrogens is 610 g/mol. The fourth-order valence-corrected chi connectivity index (χ4v) is 2.85. The molecular formula is C21H12F8IrN-. The molecule has 0 bridgehead atoms. The Morgan fingerprint density at radius 2 is 1.35 bits per heavy atom. The van der Waals surface area contributed by atoms with Gasteiger partial charge < -0.3 is 4.98 Å². The summed E-state index contributed by atoms with van der Waals surface area (Å²) in [5.41, 5.74) is -5.17. The third-order valence-electron chi connectivity index (χ3n) is 4.34. The van der Waals surface area contributed by atoms with E-state index in [1.54, 1.807) is 13.0 Å². The van der Waals surface area contributed by atoms with E-state index in [1.165, 1.54) is 19.2 Å². The van der Waals surface area contributed by atoms with Crippen molar-refractivity contribution in [2.75, 3.05) is 0 Å². The van der Waals surface area contributed by atoms with Gasteiger partial charge in [0.1, 0.15) is 0 Å². The van der Waals surface area contributed by atoms with E-state index in [1.807, 2.05) is 0 Å². The van der Waals surface area contributed by atoms with E-state index < -0.39 is 46.2 Å². The average Bonchev–Trinajstić information content (AvgIpc) is 2.64. The van der Waals surface area contributed by atoms with Crippen molar-refractivity contribution in [3.8, 4) is 22.4 Å². The number of halogens is 8. The van der Waals surface area contributed by atoms with Gasteiger partial charge in [-0.3, -0.25) is 8.78 Å². The molecule has 0 N–H and O–H groups in total. The summed E-state index contributed by atoms with van der Waals surface area (Å²) in [6, 6.07) is 5.83. The number of aromatic nitrogens is 1. The summed E-state index contributed by atoms with van der Waals surface area (Å²) in [5, 5.41) is 0. The van der Waals surface area contributed by atoms with Crippen molar-refractivity contribution in [1.82, 2.24) is 4.98 Å². The molecule has 1 radical (unpaired) electrons. The summed E-state index contributed by atoms with van der Waals surface area (Å²) in [5.74, 6) is -2.67. The van der Waals surface area contributed by atoms with Crippen LogP contribution in [0.1, 0.15) is 22.3 Å². The van der Waals surface area contributed by atoms with Crippen LogP contribution < -0.4 is 0 Å². The summed E-state index contributed by atoms with van der Waals surface area (Å²) >= 11 is 0. The Labute approximate surface area is 185 Å². The Kier molecular flexibility index (Phi) is 6.97. The standard InChI is InChI=1S/C21H12F8N.Ir/c1-10-3-4-16(30-9-10)15-5-11(2)18(22)17(19(15)23)12-6-13(20(24,25)26)8-14(7-12)21(27,28)29;/h3-4,6-9H,1-2H3;/q-1;. The molecule has 3 rings (SSSR count). The van der Waals surface area contributed by atoms with Crippen LogP contribution in [0.5, 0.6) is 0 Å². The number of alkyl halides is 6. The topological polar surface area (TPSA) is 12.9 Å². The molecule has 0 aliphatic rings. The van der Waals surface area contributed by atoms with E-state index in [9.17, 15) is 30.7 Å². The van der Waals surface area contributed by atoms with Gasteiger partial charge in [0.15, 0.2) is 0 Å². The Bertz CT molecular complexity index is 1070. The monoisotopic (exact) mass is 623 g/mol. The van der Waals surface area contributed by atoms with E-state index in [0.717, 1.165) is 5.56 Å². The molecule has 0 aliphatic heterocycles. The van der Waals surface area contributed by atoms with Crippen molar-refractivity contribution in [3.05, 3.63) is 76.5 Å². The van der Waals surface area contributed by atoms with Crippen LogP contribution in [0.4, 0.5) is 35.1 Å². The molecule has 0 saturated carbocycles. The molecule has 0 fully saturated rings. The number of hydrogen-bond donors (Lipinski definition) is 0. The van der Waals surface area contributed by atoms with Crippen LogP contribution in [0.3, 0.4) is 0 Å². The number of pyridine rings is 1. The van der Waals surface area contributed by atoms with Crippen molar-refractivity contribution in [2.45, 2.75) is 26.2 Å². The fraction of sp³-hybridized carbons (Fsp3) is 0.190. The SMILES string of the molecule is Cc1ccc(-c2[c-]c(C)c(F)c(-c3cc(C(F)(F)F)cc(C(F)(F)F)c3)c2F)nc1.[Ir]. The van der Waals surface area contributed by atoms with Gasteiger partial charge in [-0.15, -0.1) is 6.07 Å². The Morgan fingerprint density at radius 3 is 1.81 bits per heavy atom. The van der Waals surface area contributed by atoms with Crippen molar-refractivity contribution in [1.29, 1.82) is 0 Å². The summed E-state index contributed by atoms with van der Waals surface area (Å²) in [6.45, 7) is 2.88. The van der Waals surface area contributed by atoms with E-state index >= 15 is 4.39 Å². The predicted octanol–water partition coefficient (Wildman–Crippen LogP) is 7.15. The fourth-order valence-electron chi connectivity index (χ4n) is 2.85. The van der Waals surface area contributed by atoms with E-state index in [0.29, 0.717) is 0 Å². The largest absolute Gasteiger partial charge is 0.416 e. The quantitative estimate of drug-likeness (QED) is 0.219. The molecule has 0 atom stereocenters. The van der Waals surface area contributed by atoms with Gasteiger partial charge >= 0.3 is 12.4 Å². The molecule has 1 heterocycles. The molecule has 167 valence electrons. The number of aryl methyl sites for hydroxylation is 2. The Balaban J connectivity index is 0.00000341. The zero-order valence-corrected chi connectivity index (χ0v) is 18.2. The van der Waals surface area contributed by atoms with Crippen molar-refractivity contribution < 1.29 is 55.2 Å². The second-order valence-electron chi connectivity index (χ2n) is 6.64. The Morgan fingerprint density at radius 1 is 0.806 bits per heavy atom. The van der Waals surface area contributed by atoms with Gasteiger partial charge in [-0.05, 0) is 47.5 Å². The van der Waals surface area contributed by atoms with Crippen LogP contribution in [0, 0.1) is 31.5 Å². The smallest absolute Gasteiger partial charge is 0.304 e. The third kappa shape index (κ3) is 5.12. The van der Waals surface area contributed by atoms with Gasteiger partial charge in [0.05, 0.1) is 16.9 Å². The van der Waals surface area contributed by atoms with Crippen LogP contribution in [-0.4, -0.2) is 4.98 Å².